The minimum atomic E-state index is -3.35. The summed E-state index contributed by atoms with van der Waals surface area (Å²) in [5.74, 6) is -0.333. The Morgan fingerprint density at radius 2 is 1.74 bits per heavy atom. The van der Waals surface area contributed by atoms with Crippen molar-refractivity contribution < 1.29 is 13.2 Å². The van der Waals surface area contributed by atoms with Crippen LogP contribution in [0.15, 0.2) is 65.8 Å². The molecule has 2 heterocycles. The average molecular weight is 436 g/mol. The Bertz CT molecular complexity index is 1360. The maximum absolute atomic E-state index is 12.7. The summed E-state index contributed by atoms with van der Waals surface area (Å²) in [6.07, 6.45) is 3.13. The first-order valence-corrected chi connectivity index (χ1v) is 11.2. The molecular weight excluding hydrogens is 414 g/mol. The Hall–Kier alpha value is -3.72. The van der Waals surface area contributed by atoms with Gasteiger partial charge in [-0.1, -0.05) is 12.1 Å². The summed E-state index contributed by atoms with van der Waals surface area (Å²) in [6.45, 7) is 3.29. The molecular formula is C22H21N5O3S. The van der Waals surface area contributed by atoms with Crippen LogP contribution in [0.25, 0.3) is 22.4 Å². The number of sulfone groups is 1. The third-order valence-electron chi connectivity index (χ3n) is 4.89. The van der Waals surface area contributed by atoms with Crippen LogP contribution in [0, 0.1) is 0 Å². The van der Waals surface area contributed by atoms with Crippen molar-refractivity contribution in [2.75, 3.05) is 11.1 Å². The predicted molar refractivity (Wildman–Crippen MR) is 120 cm³/mol. The summed E-state index contributed by atoms with van der Waals surface area (Å²) >= 11 is 0. The second-order valence-corrected chi connectivity index (χ2v) is 9.85. The first-order chi connectivity index (χ1) is 14.8. The van der Waals surface area contributed by atoms with E-state index in [1.54, 1.807) is 74.8 Å². The van der Waals surface area contributed by atoms with Gasteiger partial charge < -0.3 is 16.0 Å². The number of nitrogens with zero attached hydrogens (tertiary/aromatic N) is 2. The average Bonchev–Trinajstić information content (AvgIpc) is 3.19. The highest BCUT2D eigenvalue weighted by molar-refractivity contribution is 7.92. The van der Waals surface area contributed by atoms with E-state index in [2.05, 4.69) is 20.3 Å². The Labute approximate surface area is 179 Å². The molecule has 0 aliphatic rings. The molecule has 2 aromatic heterocycles. The molecule has 0 saturated carbocycles. The lowest BCUT2D eigenvalue weighted by Crippen LogP contribution is -2.13. The van der Waals surface area contributed by atoms with Gasteiger partial charge in [0.1, 0.15) is 5.52 Å². The van der Waals surface area contributed by atoms with E-state index >= 15 is 0 Å². The molecule has 4 rings (SSSR count). The van der Waals surface area contributed by atoms with E-state index < -0.39 is 15.1 Å². The number of hydrogen-bond donors (Lipinski definition) is 3. The summed E-state index contributed by atoms with van der Waals surface area (Å²) in [4.78, 5) is 24.9. The lowest BCUT2D eigenvalue weighted by Gasteiger charge is -2.08. The smallest absolute Gasteiger partial charge is 0.259 e. The van der Waals surface area contributed by atoms with E-state index in [1.165, 1.54) is 0 Å². The van der Waals surface area contributed by atoms with E-state index in [1.807, 2.05) is 0 Å². The van der Waals surface area contributed by atoms with Crippen molar-refractivity contribution in [3.63, 3.8) is 0 Å². The van der Waals surface area contributed by atoms with E-state index in [-0.39, 0.29) is 10.8 Å². The fraction of sp³-hybridized carbons (Fsp3) is 0.136. The van der Waals surface area contributed by atoms with Crippen LogP contribution in [0.5, 0.6) is 0 Å². The fourth-order valence-electron chi connectivity index (χ4n) is 3.06. The number of anilines is 2. The van der Waals surface area contributed by atoms with Crippen molar-refractivity contribution in [3.05, 3.63) is 66.5 Å². The van der Waals surface area contributed by atoms with E-state index in [4.69, 9.17) is 5.73 Å². The van der Waals surface area contributed by atoms with E-state index in [9.17, 15) is 13.2 Å². The number of rotatable bonds is 5. The zero-order valence-corrected chi connectivity index (χ0v) is 17.8. The van der Waals surface area contributed by atoms with Crippen molar-refractivity contribution >= 4 is 38.3 Å². The molecule has 1 amide bonds. The van der Waals surface area contributed by atoms with Gasteiger partial charge in [0, 0.05) is 23.1 Å². The van der Waals surface area contributed by atoms with Crippen LogP contribution in [0.2, 0.25) is 0 Å². The van der Waals surface area contributed by atoms with Crippen LogP contribution in [0.1, 0.15) is 24.2 Å². The van der Waals surface area contributed by atoms with Gasteiger partial charge in [0.2, 0.25) is 0 Å². The molecule has 8 nitrogen and oxygen atoms in total. The first-order valence-electron chi connectivity index (χ1n) is 9.61. The number of hydrogen-bond acceptors (Lipinski definition) is 6. The molecule has 0 aliphatic heterocycles. The number of benzene rings is 2. The number of aromatic amines is 1. The van der Waals surface area contributed by atoms with Crippen LogP contribution >= 0.6 is 0 Å². The lowest BCUT2D eigenvalue weighted by molar-refractivity contribution is 0.102. The van der Waals surface area contributed by atoms with Crippen molar-refractivity contribution in [2.45, 2.75) is 24.0 Å². The number of carbonyl (C=O) groups excluding carboxylic acids is 1. The standard InChI is InChI=1S/C22H21N5O3S/c1-13(2)31(29,30)17-9-3-14(4-10-17)19-12-25-21-20(27-19)18(11-24-21)22(28)26-16-7-5-15(23)6-8-16/h3-13H,23H2,1-2H3,(H,24,25)(H,26,28). The zero-order chi connectivity index (χ0) is 22.2. The Balaban J connectivity index is 1.65. The summed E-state index contributed by atoms with van der Waals surface area (Å²) in [7, 11) is -3.35. The predicted octanol–water partition coefficient (Wildman–Crippen LogP) is 3.64. The van der Waals surface area contributed by atoms with Gasteiger partial charge in [0.15, 0.2) is 15.5 Å². The molecule has 0 atom stereocenters. The Morgan fingerprint density at radius 3 is 2.39 bits per heavy atom. The number of nitrogens with two attached hydrogens (primary N) is 1. The molecule has 2 aromatic carbocycles. The fourth-order valence-corrected chi connectivity index (χ4v) is 4.12. The molecule has 0 radical (unpaired) electrons. The third-order valence-corrected chi connectivity index (χ3v) is 7.06. The van der Waals surface area contributed by atoms with Gasteiger partial charge in [-0.15, -0.1) is 0 Å². The normalized spacial score (nSPS) is 11.7. The minimum Gasteiger partial charge on any atom is -0.399 e. The second kappa shape index (κ2) is 7.84. The topological polar surface area (TPSA) is 131 Å². The highest BCUT2D eigenvalue weighted by Crippen LogP contribution is 2.24. The summed E-state index contributed by atoms with van der Waals surface area (Å²) in [5.41, 5.74) is 9.36. The number of H-pyrrole nitrogens is 1. The number of fused-ring (bicyclic) bond motifs is 1. The summed E-state index contributed by atoms with van der Waals surface area (Å²) in [5, 5.41) is 2.31. The molecule has 4 aromatic rings. The van der Waals surface area contributed by atoms with Gasteiger partial charge in [-0.3, -0.25) is 4.79 Å². The first kappa shape index (κ1) is 20.5. The molecule has 9 heteroatoms. The van der Waals surface area contributed by atoms with Gasteiger partial charge in [0.25, 0.3) is 5.91 Å². The number of nitrogen functional groups attached to an aromatic ring is 1. The molecule has 0 aliphatic carbocycles. The molecule has 0 bridgehead atoms. The van der Waals surface area contributed by atoms with Crippen LogP contribution in [-0.4, -0.2) is 34.5 Å². The Kier molecular flexibility index (Phi) is 5.20. The summed E-state index contributed by atoms with van der Waals surface area (Å²) < 4.78 is 24.6. The molecule has 158 valence electrons. The molecule has 4 N–H and O–H groups in total. The van der Waals surface area contributed by atoms with Crippen molar-refractivity contribution in [1.82, 2.24) is 15.0 Å². The number of carbonyl (C=O) groups is 1. The van der Waals surface area contributed by atoms with Crippen LogP contribution in [-0.2, 0) is 9.84 Å². The quantitative estimate of drug-likeness (QED) is 0.410. The van der Waals surface area contributed by atoms with Crippen LogP contribution < -0.4 is 11.1 Å². The van der Waals surface area contributed by atoms with Crippen molar-refractivity contribution in [3.8, 4) is 11.3 Å². The van der Waals surface area contributed by atoms with Gasteiger partial charge in [-0.25, -0.2) is 18.4 Å². The number of nitrogens with one attached hydrogen (secondary N) is 2. The van der Waals surface area contributed by atoms with E-state index in [0.717, 1.165) is 0 Å². The maximum Gasteiger partial charge on any atom is 0.259 e. The molecule has 31 heavy (non-hydrogen) atoms. The monoisotopic (exact) mass is 435 g/mol. The molecule has 0 fully saturated rings. The van der Waals surface area contributed by atoms with Gasteiger partial charge in [0.05, 0.1) is 27.6 Å². The number of amides is 1. The zero-order valence-electron chi connectivity index (χ0n) is 17.0. The molecule has 0 spiro atoms. The van der Waals surface area contributed by atoms with Crippen molar-refractivity contribution in [1.29, 1.82) is 0 Å². The van der Waals surface area contributed by atoms with Gasteiger partial charge >= 0.3 is 0 Å². The number of aromatic nitrogens is 3. The summed E-state index contributed by atoms with van der Waals surface area (Å²) in [6, 6.07) is 13.3. The molecule has 0 saturated heterocycles. The van der Waals surface area contributed by atoms with E-state index in [0.29, 0.717) is 39.4 Å². The van der Waals surface area contributed by atoms with Gasteiger partial charge in [-0.2, -0.15) is 0 Å². The maximum atomic E-state index is 12.7. The Morgan fingerprint density at radius 1 is 1.06 bits per heavy atom. The SMILES string of the molecule is CC(C)S(=O)(=O)c1ccc(-c2cnc3[nH]cc(C(=O)Nc4ccc(N)cc4)c3n2)cc1. The highest BCUT2D eigenvalue weighted by Gasteiger charge is 2.19. The van der Waals surface area contributed by atoms with Gasteiger partial charge in [-0.05, 0) is 50.2 Å². The van der Waals surface area contributed by atoms with Crippen LogP contribution in [0.4, 0.5) is 11.4 Å². The van der Waals surface area contributed by atoms with Crippen LogP contribution in [0.3, 0.4) is 0 Å². The molecule has 0 unspecified atom stereocenters. The second-order valence-electron chi connectivity index (χ2n) is 7.35. The minimum absolute atomic E-state index is 0.255. The lowest BCUT2D eigenvalue weighted by atomic mass is 10.1. The largest absolute Gasteiger partial charge is 0.399 e. The van der Waals surface area contributed by atoms with Crippen molar-refractivity contribution in [2.24, 2.45) is 0 Å². The highest BCUT2D eigenvalue weighted by atomic mass is 32.2. The third kappa shape index (κ3) is 3.99.